The van der Waals surface area contributed by atoms with Crippen LogP contribution in [0.4, 0.5) is 10.1 Å². The predicted octanol–water partition coefficient (Wildman–Crippen LogP) is 2.60. The maximum atomic E-state index is 13.9. The Morgan fingerprint density at radius 3 is 2.76 bits per heavy atom. The molecule has 0 bridgehead atoms. The lowest BCUT2D eigenvalue weighted by Gasteiger charge is -2.28. The van der Waals surface area contributed by atoms with E-state index in [1.165, 1.54) is 18.2 Å². The Hall–Kier alpha value is -1.92. The highest BCUT2D eigenvalue weighted by Crippen LogP contribution is 2.22. The second kappa shape index (κ2) is 9.53. The smallest absolute Gasteiger partial charge is 0.244 e. The van der Waals surface area contributed by atoms with Crippen molar-refractivity contribution < 1.29 is 13.9 Å². The fraction of sp³-hybridized carbons (Fsp3) is 0.526. The molecule has 5 nitrogen and oxygen atoms in total. The third kappa shape index (κ3) is 5.83. The van der Waals surface area contributed by atoms with Crippen molar-refractivity contribution in [3.05, 3.63) is 35.2 Å². The number of nitrogens with one attached hydrogen (secondary N) is 1. The van der Waals surface area contributed by atoms with Gasteiger partial charge in [-0.15, -0.1) is 0 Å². The van der Waals surface area contributed by atoms with Crippen molar-refractivity contribution in [3.63, 3.8) is 0 Å². The van der Waals surface area contributed by atoms with Crippen LogP contribution in [0.25, 0.3) is 6.08 Å². The summed E-state index contributed by atoms with van der Waals surface area (Å²) in [6.07, 6.45) is 5.68. The number of carbonyl (C=O) groups is 1. The average molecular weight is 349 g/mol. The van der Waals surface area contributed by atoms with Crippen molar-refractivity contribution in [2.45, 2.75) is 51.1 Å². The number of hydrogen-bond acceptors (Lipinski definition) is 4. The molecule has 1 atom stereocenters. The lowest BCUT2D eigenvalue weighted by Crippen LogP contribution is -2.41. The lowest BCUT2D eigenvalue weighted by atomic mass is 9.98. The molecule has 0 aromatic heterocycles. The minimum Gasteiger partial charge on any atom is -0.398 e. The standard InChI is InChI=1S/C19H28FN3O2/c1-2-14(23-15-8-10-25-11-9-15)7-6-13(19(22)24)12-16-17(20)4-3-5-18(16)21/h3-5,12,14-15,23H,2,6-11,21H2,1H3,(H2,22,24)/b13-12+. The molecule has 0 aliphatic carbocycles. The molecule has 1 heterocycles. The summed E-state index contributed by atoms with van der Waals surface area (Å²) in [5, 5.41) is 3.63. The van der Waals surface area contributed by atoms with Crippen LogP contribution in [0.1, 0.15) is 44.6 Å². The second-order valence-electron chi connectivity index (χ2n) is 6.47. The van der Waals surface area contributed by atoms with Gasteiger partial charge in [-0.25, -0.2) is 4.39 Å². The molecular formula is C19H28FN3O2. The molecule has 0 spiro atoms. The van der Waals surface area contributed by atoms with E-state index in [1.807, 2.05) is 0 Å². The van der Waals surface area contributed by atoms with E-state index < -0.39 is 11.7 Å². The zero-order chi connectivity index (χ0) is 18.2. The van der Waals surface area contributed by atoms with Crippen LogP contribution in [-0.4, -0.2) is 31.2 Å². The fourth-order valence-electron chi connectivity index (χ4n) is 3.08. The van der Waals surface area contributed by atoms with Gasteiger partial charge in [-0.1, -0.05) is 13.0 Å². The largest absolute Gasteiger partial charge is 0.398 e. The summed E-state index contributed by atoms with van der Waals surface area (Å²) in [5.41, 5.74) is 12.2. The summed E-state index contributed by atoms with van der Waals surface area (Å²) >= 11 is 0. The van der Waals surface area contributed by atoms with Gasteiger partial charge >= 0.3 is 0 Å². The first kappa shape index (κ1) is 19.4. The molecule has 2 rings (SSSR count). The van der Waals surface area contributed by atoms with Gasteiger partial charge in [-0.05, 0) is 50.3 Å². The van der Waals surface area contributed by atoms with Gasteiger partial charge in [0.25, 0.3) is 0 Å². The van der Waals surface area contributed by atoms with Crippen LogP contribution in [0.2, 0.25) is 0 Å². The topological polar surface area (TPSA) is 90.4 Å². The first-order valence-corrected chi connectivity index (χ1v) is 8.89. The minimum atomic E-state index is -0.538. The van der Waals surface area contributed by atoms with Crippen LogP contribution in [0.3, 0.4) is 0 Å². The molecule has 0 saturated carbocycles. The third-order valence-corrected chi connectivity index (χ3v) is 4.67. The van der Waals surface area contributed by atoms with Crippen LogP contribution >= 0.6 is 0 Å². The third-order valence-electron chi connectivity index (χ3n) is 4.67. The number of anilines is 1. The van der Waals surface area contributed by atoms with E-state index >= 15 is 0 Å². The van der Waals surface area contributed by atoms with Gasteiger partial charge in [0.2, 0.25) is 5.91 Å². The van der Waals surface area contributed by atoms with Gasteiger partial charge in [0, 0.05) is 42.1 Å². The van der Waals surface area contributed by atoms with Crippen molar-refractivity contribution >= 4 is 17.7 Å². The summed E-state index contributed by atoms with van der Waals surface area (Å²) in [6, 6.07) is 5.19. The Morgan fingerprint density at radius 1 is 1.44 bits per heavy atom. The van der Waals surface area contributed by atoms with E-state index in [1.54, 1.807) is 6.07 Å². The number of amides is 1. The van der Waals surface area contributed by atoms with Gasteiger partial charge in [-0.3, -0.25) is 4.79 Å². The fourth-order valence-corrected chi connectivity index (χ4v) is 3.08. The van der Waals surface area contributed by atoms with Crippen LogP contribution in [0.15, 0.2) is 23.8 Å². The van der Waals surface area contributed by atoms with Crippen molar-refractivity contribution in [1.29, 1.82) is 0 Å². The highest BCUT2D eigenvalue weighted by molar-refractivity contribution is 5.97. The van der Waals surface area contributed by atoms with E-state index in [2.05, 4.69) is 12.2 Å². The summed E-state index contributed by atoms with van der Waals surface area (Å²) in [7, 11) is 0. The molecule has 1 fully saturated rings. The van der Waals surface area contributed by atoms with E-state index in [0.717, 1.165) is 38.9 Å². The summed E-state index contributed by atoms with van der Waals surface area (Å²) in [5.74, 6) is -0.991. The number of rotatable bonds is 8. The Morgan fingerprint density at radius 2 is 2.16 bits per heavy atom. The molecule has 25 heavy (non-hydrogen) atoms. The van der Waals surface area contributed by atoms with Crippen molar-refractivity contribution in [2.24, 2.45) is 5.73 Å². The number of primary amides is 1. The zero-order valence-corrected chi connectivity index (χ0v) is 14.8. The Kier molecular flexibility index (Phi) is 7.40. The van der Waals surface area contributed by atoms with Crippen LogP contribution < -0.4 is 16.8 Å². The predicted molar refractivity (Wildman–Crippen MR) is 98.3 cm³/mol. The van der Waals surface area contributed by atoms with Gasteiger partial charge in [0.05, 0.1) is 0 Å². The first-order valence-electron chi connectivity index (χ1n) is 8.89. The molecular weight excluding hydrogens is 321 g/mol. The lowest BCUT2D eigenvalue weighted by molar-refractivity contribution is -0.114. The van der Waals surface area contributed by atoms with Crippen LogP contribution in [0.5, 0.6) is 0 Å². The number of nitrogen functional groups attached to an aromatic ring is 1. The summed E-state index contributed by atoms with van der Waals surface area (Å²) in [6.45, 7) is 3.68. The summed E-state index contributed by atoms with van der Waals surface area (Å²) < 4.78 is 19.3. The SMILES string of the molecule is CCC(CC/C(=C\c1c(N)cccc1F)C(N)=O)NC1CCOCC1. The molecule has 0 radical (unpaired) electrons. The molecule has 1 aromatic carbocycles. The number of halogens is 1. The zero-order valence-electron chi connectivity index (χ0n) is 14.8. The number of benzene rings is 1. The van der Waals surface area contributed by atoms with Gasteiger partial charge in [0.15, 0.2) is 0 Å². The molecule has 1 unspecified atom stereocenters. The molecule has 1 aliphatic rings. The molecule has 1 amide bonds. The number of hydrogen-bond donors (Lipinski definition) is 3. The highest BCUT2D eigenvalue weighted by Gasteiger charge is 2.18. The molecule has 138 valence electrons. The van der Waals surface area contributed by atoms with E-state index in [0.29, 0.717) is 23.7 Å². The van der Waals surface area contributed by atoms with Gasteiger partial charge in [-0.2, -0.15) is 0 Å². The molecule has 1 aliphatic heterocycles. The van der Waals surface area contributed by atoms with Crippen molar-refractivity contribution in [1.82, 2.24) is 5.32 Å². The quantitative estimate of drug-likeness (QED) is 0.497. The average Bonchev–Trinajstić information content (AvgIpc) is 2.60. The van der Waals surface area contributed by atoms with Gasteiger partial charge in [0.1, 0.15) is 5.82 Å². The van der Waals surface area contributed by atoms with Crippen molar-refractivity contribution in [3.8, 4) is 0 Å². The first-order chi connectivity index (χ1) is 12.0. The van der Waals surface area contributed by atoms with E-state index in [4.69, 9.17) is 16.2 Å². The Labute approximate surface area is 148 Å². The maximum Gasteiger partial charge on any atom is 0.244 e. The van der Waals surface area contributed by atoms with Crippen molar-refractivity contribution in [2.75, 3.05) is 18.9 Å². The van der Waals surface area contributed by atoms with Crippen LogP contribution in [-0.2, 0) is 9.53 Å². The molecule has 1 saturated heterocycles. The Bertz CT molecular complexity index is 592. The summed E-state index contributed by atoms with van der Waals surface area (Å²) in [4.78, 5) is 11.8. The monoisotopic (exact) mass is 349 g/mol. The number of carbonyl (C=O) groups excluding carboxylic acids is 1. The normalized spacial score (nSPS) is 17.4. The van der Waals surface area contributed by atoms with E-state index in [-0.39, 0.29) is 11.6 Å². The molecule has 6 heteroatoms. The second-order valence-corrected chi connectivity index (χ2v) is 6.47. The molecule has 1 aromatic rings. The number of nitrogens with two attached hydrogens (primary N) is 2. The molecule has 5 N–H and O–H groups in total. The minimum absolute atomic E-state index is 0.224. The van der Waals surface area contributed by atoms with Crippen LogP contribution in [0, 0.1) is 5.82 Å². The number of ether oxygens (including phenoxy) is 1. The van der Waals surface area contributed by atoms with E-state index in [9.17, 15) is 9.18 Å². The maximum absolute atomic E-state index is 13.9. The highest BCUT2D eigenvalue weighted by atomic mass is 19.1. The van der Waals surface area contributed by atoms with Gasteiger partial charge < -0.3 is 21.5 Å². The Balaban J connectivity index is 2.02.